The van der Waals surface area contributed by atoms with E-state index in [1.807, 2.05) is 6.92 Å². The van der Waals surface area contributed by atoms with Crippen LogP contribution in [0, 0.1) is 0 Å². The van der Waals surface area contributed by atoms with E-state index in [0.717, 1.165) is 4.90 Å². The van der Waals surface area contributed by atoms with Crippen molar-refractivity contribution >= 4 is 29.4 Å². The lowest BCUT2D eigenvalue weighted by molar-refractivity contribution is -0.116. The Morgan fingerprint density at radius 3 is 2.31 bits per heavy atom. The van der Waals surface area contributed by atoms with E-state index in [1.54, 1.807) is 42.5 Å². The van der Waals surface area contributed by atoms with E-state index in [1.165, 1.54) is 6.07 Å². The van der Waals surface area contributed by atoms with Crippen molar-refractivity contribution in [2.24, 2.45) is 0 Å². The summed E-state index contributed by atoms with van der Waals surface area (Å²) in [7, 11) is 0. The van der Waals surface area contributed by atoms with Gasteiger partial charge in [-0.1, -0.05) is 18.2 Å². The number of anilines is 1. The molecule has 1 N–H and O–H groups in total. The number of esters is 1. The molecule has 8 heteroatoms. The molecule has 29 heavy (non-hydrogen) atoms. The van der Waals surface area contributed by atoms with E-state index in [9.17, 15) is 19.2 Å². The lowest BCUT2D eigenvalue weighted by Crippen LogP contribution is -2.37. The number of carbonyl (C=O) groups is 4. The molecule has 2 aromatic rings. The van der Waals surface area contributed by atoms with Crippen molar-refractivity contribution in [2.45, 2.75) is 6.92 Å². The van der Waals surface area contributed by atoms with Gasteiger partial charge in [-0.25, -0.2) is 4.79 Å². The maximum atomic E-state index is 12.3. The first-order valence-electron chi connectivity index (χ1n) is 9.11. The second-order valence-electron chi connectivity index (χ2n) is 6.20. The molecule has 0 unspecified atom stereocenters. The fraction of sp³-hybridized carbons (Fsp3) is 0.238. The number of hydrogen-bond acceptors (Lipinski definition) is 6. The minimum absolute atomic E-state index is 0.128. The van der Waals surface area contributed by atoms with Gasteiger partial charge < -0.3 is 14.8 Å². The lowest BCUT2D eigenvalue weighted by Gasteiger charge is -2.14. The number of rotatable bonds is 8. The van der Waals surface area contributed by atoms with Gasteiger partial charge in [-0.2, -0.15) is 0 Å². The maximum absolute atomic E-state index is 12.3. The number of fused-ring (bicyclic) bond motifs is 1. The molecule has 1 heterocycles. The summed E-state index contributed by atoms with van der Waals surface area (Å²) in [6.45, 7) is 2.39. The fourth-order valence-electron chi connectivity index (χ4n) is 2.87. The predicted molar refractivity (Wildman–Crippen MR) is 104 cm³/mol. The van der Waals surface area contributed by atoms with Gasteiger partial charge in [0.05, 0.1) is 23.3 Å². The first kappa shape index (κ1) is 20.2. The molecule has 0 aromatic heterocycles. The SMILES string of the molecule is CCOCCOC(=O)c1cccc(NC(=O)CN2C(=O)c3ccccc3C2=O)c1. The summed E-state index contributed by atoms with van der Waals surface area (Å²) in [5.41, 5.74) is 1.18. The van der Waals surface area contributed by atoms with Gasteiger partial charge in [0, 0.05) is 12.3 Å². The van der Waals surface area contributed by atoms with Crippen LogP contribution in [0.15, 0.2) is 48.5 Å². The van der Waals surface area contributed by atoms with Crippen LogP contribution in [0.1, 0.15) is 38.0 Å². The van der Waals surface area contributed by atoms with Gasteiger partial charge in [-0.15, -0.1) is 0 Å². The summed E-state index contributed by atoms with van der Waals surface area (Å²) in [6.07, 6.45) is 0. The molecule has 1 aliphatic rings. The topological polar surface area (TPSA) is 102 Å². The first-order valence-corrected chi connectivity index (χ1v) is 9.11. The van der Waals surface area contributed by atoms with Gasteiger partial charge in [0.25, 0.3) is 11.8 Å². The second-order valence-corrected chi connectivity index (χ2v) is 6.20. The zero-order valence-corrected chi connectivity index (χ0v) is 15.8. The molecule has 0 bridgehead atoms. The highest BCUT2D eigenvalue weighted by Gasteiger charge is 2.36. The largest absolute Gasteiger partial charge is 0.460 e. The summed E-state index contributed by atoms with van der Waals surface area (Å²) < 4.78 is 10.2. The Morgan fingerprint density at radius 1 is 0.966 bits per heavy atom. The Morgan fingerprint density at radius 2 is 1.66 bits per heavy atom. The highest BCUT2D eigenvalue weighted by molar-refractivity contribution is 6.22. The molecule has 2 aromatic carbocycles. The van der Waals surface area contributed by atoms with Crippen LogP contribution in [-0.2, 0) is 14.3 Å². The normalized spacial score (nSPS) is 12.7. The Hall–Kier alpha value is -3.52. The van der Waals surface area contributed by atoms with Crippen molar-refractivity contribution in [3.8, 4) is 0 Å². The number of hydrogen-bond donors (Lipinski definition) is 1. The van der Waals surface area contributed by atoms with E-state index in [0.29, 0.717) is 18.9 Å². The van der Waals surface area contributed by atoms with Gasteiger partial charge in [0.15, 0.2) is 0 Å². The van der Waals surface area contributed by atoms with Crippen LogP contribution in [-0.4, -0.2) is 55.0 Å². The molecule has 8 nitrogen and oxygen atoms in total. The standard InChI is InChI=1S/C21H20N2O6/c1-2-28-10-11-29-21(27)14-6-5-7-15(12-14)22-18(24)13-23-19(25)16-8-3-4-9-17(16)20(23)26/h3-9,12H,2,10-11,13H2,1H3,(H,22,24). The van der Waals surface area contributed by atoms with Gasteiger partial charge in [0.2, 0.25) is 5.91 Å². The molecule has 3 amide bonds. The van der Waals surface area contributed by atoms with Crippen LogP contribution in [0.3, 0.4) is 0 Å². The molecule has 0 saturated heterocycles. The average Bonchev–Trinajstić information content (AvgIpc) is 2.96. The highest BCUT2D eigenvalue weighted by Crippen LogP contribution is 2.22. The summed E-state index contributed by atoms with van der Waals surface area (Å²) >= 11 is 0. The van der Waals surface area contributed by atoms with Crippen molar-refractivity contribution in [1.82, 2.24) is 4.90 Å². The lowest BCUT2D eigenvalue weighted by atomic mass is 10.1. The van der Waals surface area contributed by atoms with Crippen molar-refractivity contribution in [3.05, 3.63) is 65.2 Å². The second kappa shape index (κ2) is 9.11. The average molecular weight is 396 g/mol. The molecule has 0 aliphatic carbocycles. The quantitative estimate of drug-likeness (QED) is 0.417. The molecule has 0 saturated carbocycles. The van der Waals surface area contributed by atoms with Crippen molar-refractivity contribution < 1.29 is 28.7 Å². The molecule has 0 fully saturated rings. The van der Waals surface area contributed by atoms with Crippen LogP contribution >= 0.6 is 0 Å². The number of carbonyl (C=O) groups excluding carboxylic acids is 4. The van der Waals surface area contributed by atoms with E-state index in [2.05, 4.69) is 5.32 Å². The minimum Gasteiger partial charge on any atom is -0.460 e. The maximum Gasteiger partial charge on any atom is 0.338 e. The van der Waals surface area contributed by atoms with Crippen molar-refractivity contribution in [3.63, 3.8) is 0 Å². The van der Waals surface area contributed by atoms with Crippen molar-refractivity contribution in [1.29, 1.82) is 0 Å². The van der Waals surface area contributed by atoms with Crippen LogP contribution in [0.4, 0.5) is 5.69 Å². The fourth-order valence-corrected chi connectivity index (χ4v) is 2.87. The summed E-state index contributed by atoms with van der Waals surface area (Å²) in [4.78, 5) is 50.0. The first-order chi connectivity index (χ1) is 14.0. The monoisotopic (exact) mass is 396 g/mol. The molecule has 3 rings (SSSR count). The van der Waals surface area contributed by atoms with E-state index in [-0.39, 0.29) is 23.3 Å². The van der Waals surface area contributed by atoms with E-state index < -0.39 is 30.2 Å². The zero-order valence-electron chi connectivity index (χ0n) is 15.8. The van der Waals surface area contributed by atoms with Gasteiger partial charge >= 0.3 is 5.97 Å². The highest BCUT2D eigenvalue weighted by atomic mass is 16.6. The Bertz CT molecular complexity index is 921. The summed E-state index contributed by atoms with van der Waals surface area (Å²) in [6, 6.07) is 12.6. The van der Waals surface area contributed by atoms with Crippen LogP contribution < -0.4 is 5.32 Å². The predicted octanol–water partition coefficient (Wildman–Crippen LogP) is 2.11. The van der Waals surface area contributed by atoms with Crippen LogP contribution in [0.25, 0.3) is 0 Å². The summed E-state index contributed by atoms with van der Waals surface area (Å²) in [5.74, 6) is -2.11. The van der Waals surface area contributed by atoms with Gasteiger partial charge in [-0.05, 0) is 37.3 Å². The Balaban J connectivity index is 1.60. The number of benzene rings is 2. The molecule has 1 aliphatic heterocycles. The Labute approximate surface area is 167 Å². The molecular formula is C21H20N2O6. The molecule has 150 valence electrons. The Kier molecular flexibility index (Phi) is 6.36. The molecular weight excluding hydrogens is 376 g/mol. The third kappa shape index (κ3) is 4.67. The number of ether oxygens (including phenoxy) is 2. The molecule has 0 spiro atoms. The number of nitrogens with one attached hydrogen (secondary N) is 1. The van der Waals surface area contributed by atoms with Crippen LogP contribution in [0.2, 0.25) is 0 Å². The molecule has 0 atom stereocenters. The minimum atomic E-state index is -0.554. The van der Waals surface area contributed by atoms with E-state index >= 15 is 0 Å². The van der Waals surface area contributed by atoms with Gasteiger partial charge in [-0.3, -0.25) is 19.3 Å². The van der Waals surface area contributed by atoms with Gasteiger partial charge in [0.1, 0.15) is 13.2 Å². The number of amides is 3. The van der Waals surface area contributed by atoms with E-state index in [4.69, 9.17) is 9.47 Å². The van der Waals surface area contributed by atoms with Crippen LogP contribution in [0.5, 0.6) is 0 Å². The third-order valence-corrected chi connectivity index (χ3v) is 4.23. The third-order valence-electron chi connectivity index (χ3n) is 4.23. The smallest absolute Gasteiger partial charge is 0.338 e. The van der Waals surface area contributed by atoms with Crippen molar-refractivity contribution in [2.75, 3.05) is 31.7 Å². The zero-order chi connectivity index (χ0) is 20.8. The molecule has 0 radical (unpaired) electrons. The number of nitrogens with zero attached hydrogens (tertiary/aromatic N) is 1. The summed E-state index contributed by atoms with van der Waals surface area (Å²) in [5, 5.41) is 2.59. The number of imide groups is 1.